The molecule has 0 amide bonds. The van der Waals surface area contributed by atoms with E-state index in [1.54, 1.807) is 35.3 Å². The van der Waals surface area contributed by atoms with Gasteiger partial charge in [0.1, 0.15) is 11.5 Å². The Morgan fingerprint density at radius 1 is 1.17 bits per heavy atom. The van der Waals surface area contributed by atoms with Crippen molar-refractivity contribution in [3.8, 4) is 17.3 Å². The second kappa shape index (κ2) is 7.11. The lowest BCUT2D eigenvalue weighted by molar-refractivity contribution is 0.331. The maximum Gasteiger partial charge on any atom is 0.242 e. The molecule has 0 saturated heterocycles. The van der Waals surface area contributed by atoms with Crippen molar-refractivity contribution >= 4 is 11.6 Å². The first kappa shape index (κ1) is 18.6. The fourth-order valence-corrected chi connectivity index (χ4v) is 4.38. The molecule has 0 fully saturated rings. The van der Waals surface area contributed by atoms with Crippen LogP contribution >= 0.6 is 11.6 Å². The maximum absolute atomic E-state index is 13.6. The number of aromatic nitrogens is 4. The Morgan fingerprint density at radius 3 is 2.70 bits per heavy atom. The van der Waals surface area contributed by atoms with E-state index in [0.717, 1.165) is 17.3 Å². The lowest BCUT2D eigenvalue weighted by atomic mass is 9.84. The third-order valence-corrected chi connectivity index (χ3v) is 5.81. The first-order valence-electron chi connectivity index (χ1n) is 9.37. The SMILES string of the molecule is O=c1cnn2c(c1O)-c1nccn1C[C@@H]2[C@@H](c1ccc(F)cc1)c1ccccc1Cl. The van der Waals surface area contributed by atoms with E-state index in [4.69, 9.17) is 11.6 Å². The van der Waals surface area contributed by atoms with Crippen molar-refractivity contribution in [3.05, 3.63) is 99.3 Å². The van der Waals surface area contributed by atoms with Crippen LogP contribution in [-0.2, 0) is 6.54 Å². The van der Waals surface area contributed by atoms with Gasteiger partial charge in [-0.15, -0.1) is 0 Å². The Balaban J connectivity index is 1.77. The van der Waals surface area contributed by atoms with E-state index in [1.165, 1.54) is 12.1 Å². The minimum Gasteiger partial charge on any atom is -0.503 e. The van der Waals surface area contributed by atoms with Crippen LogP contribution in [0.2, 0.25) is 5.02 Å². The van der Waals surface area contributed by atoms with Gasteiger partial charge < -0.3 is 9.67 Å². The predicted octanol–water partition coefficient (Wildman–Crippen LogP) is 3.99. The van der Waals surface area contributed by atoms with Gasteiger partial charge in [-0.3, -0.25) is 9.48 Å². The highest BCUT2D eigenvalue weighted by Crippen LogP contribution is 2.44. The molecule has 30 heavy (non-hydrogen) atoms. The first-order chi connectivity index (χ1) is 14.5. The summed E-state index contributed by atoms with van der Waals surface area (Å²) >= 11 is 6.56. The average molecular weight is 423 g/mol. The number of fused-ring (bicyclic) bond motifs is 3. The molecule has 2 aromatic carbocycles. The van der Waals surface area contributed by atoms with E-state index in [2.05, 4.69) is 10.1 Å². The minimum atomic E-state index is -0.576. The summed E-state index contributed by atoms with van der Waals surface area (Å²) in [7, 11) is 0. The van der Waals surface area contributed by atoms with Crippen LogP contribution in [0, 0.1) is 5.82 Å². The van der Waals surface area contributed by atoms with Gasteiger partial charge in [0, 0.05) is 29.9 Å². The molecule has 1 aliphatic rings. The molecule has 0 unspecified atom stereocenters. The second-order valence-corrected chi connectivity index (χ2v) is 7.58. The minimum absolute atomic E-state index is 0.253. The summed E-state index contributed by atoms with van der Waals surface area (Å²) in [6.45, 7) is 0.477. The molecule has 5 rings (SSSR count). The lowest BCUT2D eigenvalue weighted by Gasteiger charge is -2.35. The maximum atomic E-state index is 13.6. The molecule has 0 saturated carbocycles. The number of halogens is 2. The summed E-state index contributed by atoms with van der Waals surface area (Å²) in [6, 6.07) is 13.3. The number of nitrogens with zero attached hydrogens (tertiary/aromatic N) is 4. The van der Waals surface area contributed by atoms with Crippen LogP contribution in [0.1, 0.15) is 23.1 Å². The van der Waals surface area contributed by atoms with Crippen molar-refractivity contribution in [2.75, 3.05) is 0 Å². The third-order valence-electron chi connectivity index (χ3n) is 5.47. The van der Waals surface area contributed by atoms with Crippen LogP contribution in [0.15, 0.2) is 71.9 Å². The van der Waals surface area contributed by atoms with Crippen LogP contribution in [0.3, 0.4) is 0 Å². The van der Waals surface area contributed by atoms with Gasteiger partial charge in [0.2, 0.25) is 5.43 Å². The Bertz CT molecular complexity index is 1300. The monoisotopic (exact) mass is 422 g/mol. The number of benzene rings is 2. The fourth-order valence-electron chi connectivity index (χ4n) is 4.12. The zero-order valence-electron chi connectivity index (χ0n) is 15.6. The average Bonchev–Trinajstić information content (AvgIpc) is 3.21. The molecule has 0 spiro atoms. The van der Waals surface area contributed by atoms with Gasteiger partial charge in [-0.2, -0.15) is 5.10 Å². The highest BCUT2D eigenvalue weighted by atomic mass is 35.5. The summed E-state index contributed by atoms with van der Waals surface area (Å²) in [5.41, 5.74) is 1.35. The lowest BCUT2D eigenvalue weighted by Crippen LogP contribution is -2.32. The number of aromatic hydroxyl groups is 1. The second-order valence-electron chi connectivity index (χ2n) is 7.17. The van der Waals surface area contributed by atoms with Crippen LogP contribution < -0.4 is 5.43 Å². The molecule has 0 aliphatic carbocycles. The van der Waals surface area contributed by atoms with E-state index in [0.29, 0.717) is 17.4 Å². The number of hydrogen-bond donors (Lipinski definition) is 1. The van der Waals surface area contributed by atoms with Gasteiger partial charge in [-0.25, -0.2) is 9.37 Å². The van der Waals surface area contributed by atoms with Crippen molar-refractivity contribution < 1.29 is 9.50 Å². The zero-order chi connectivity index (χ0) is 20.8. The summed E-state index contributed by atoms with van der Waals surface area (Å²) in [5.74, 6) is -0.592. The van der Waals surface area contributed by atoms with Gasteiger partial charge in [0.15, 0.2) is 11.6 Å². The van der Waals surface area contributed by atoms with Crippen LogP contribution in [0.25, 0.3) is 11.5 Å². The van der Waals surface area contributed by atoms with Gasteiger partial charge in [0.05, 0.1) is 12.2 Å². The number of imidazole rings is 1. The van der Waals surface area contributed by atoms with Crippen molar-refractivity contribution in [1.82, 2.24) is 19.3 Å². The standard InChI is InChI=1S/C22H16ClFN4O2/c23-16-4-2-1-3-15(16)19(13-5-7-14(24)8-6-13)17-12-27-10-9-25-22(27)20-21(30)18(29)11-26-28(17)20/h1-11,17,19,30H,12H2/t17-,19+/m1/s1. The molecule has 0 bridgehead atoms. The van der Waals surface area contributed by atoms with Gasteiger partial charge in [-0.05, 0) is 29.3 Å². The molecule has 150 valence electrons. The van der Waals surface area contributed by atoms with Gasteiger partial charge in [0.25, 0.3) is 0 Å². The Labute approximate surface area is 175 Å². The molecule has 1 N–H and O–H groups in total. The molecule has 0 radical (unpaired) electrons. The van der Waals surface area contributed by atoms with E-state index in [9.17, 15) is 14.3 Å². The van der Waals surface area contributed by atoms with Crippen LogP contribution in [-0.4, -0.2) is 24.4 Å². The Kier molecular flexibility index (Phi) is 4.40. The predicted molar refractivity (Wildman–Crippen MR) is 110 cm³/mol. The summed E-state index contributed by atoms with van der Waals surface area (Å²) < 4.78 is 17.1. The molecular weight excluding hydrogens is 407 g/mol. The third kappa shape index (κ3) is 2.90. The van der Waals surface area contributed by atoms with E-state index < -0.39 is 11.2 Å². The zero-order valence-corrected chi connectivity index (χ0v) is 16.4. The molecule has 4 aromatic rings. The van der Waals surface area contributed by atoms with Crippen molar-refractivity contribution in [3.63, 3.8) is 0 Å². The normalized spacial score (nSPS) is 16.0. The number of hydrogen-bond acceptors (Lipinski definition) is 4. The molecule has 8 heteroatoms. The van der Waals surface area contributed by atoms with Crippen LogP contribution in [0.4, 0.5) is 4.39 Å². The highest BCUT2D eigenvalue weighted by molar-refractivity contribution is 6.31. The largest absolute Gasteiger partial charge is 0.503 e. The summed E-state index contributed by atoms with van der Waals surface area (Å²) in [5, 5.41) is 15.4. The molecule has 2 aromatic heterocycles. The van der Waals surface area contributed by atoms with E-state index >= 15 is 0 Å². The fraction of sp³-hybridized carbons (Fsp3) is 0.136. The first-order valence-corrected chi connectivity index (χ1v) is 9.74. The smallest absolute Gasteiger partial charge is 0.242 e. The Hall–Kier alpha value is -3.45. The molecular formula is C22H16ClFN4O2. The van der Waals surface area contributed by atoms with Crippen LogP contribution in [0.5, 0.6) is 5.75 Å². The molecule has 1 aliphatic heterocycles. The molecule has 2 atom stereocenters. The van der Waals surface area contributed by atoms with Crippen molar-refractivity contribution in [2.24, 2.45) is 0 Å². The summed E-state index contributed by atoms with van der Waals surface area (Å²) in [6.07, 6.45) is 4.50. The molecule has 6 nitrogen and oxygen atoms in total. The van der Waals surface area contributed by atoms with Crippen molar-refractivity contribution in [1.29, 1.82) is 0 Å². The summed E-state index contributed by atoms with van der Waals surface area (Å²) in [4.78, 5) is 16.4. The topological polar surface area (TPSA) is 72.9 Å². The van der Waals surface area contributed by atoms with Gasteiger partial charge >= 0.3 is 0 Å². The van der Waals surface area contributed by atoms with E-state index in [-0.39, 0.29) is 23.5 Å². The quantitative estimate of drug-likeness (QED) is 0.541. The number of rotatable bonds is 3. The molecule has 3 heterocycles. The van der Waals surface area contributed by atoms with Gasteiger partial charge in [-0.1, -0.05) is 41.9 Å². The Morgan fingerprint density at radius 2 is 1.93 bits per heavy atom. The highest BCUT2D eigenvalue weighted by Gasteiger charge is 2.36. The van der Waals surface area contributed by atoms with E-state index in [1.807, 2.05) is 22.8 Å². The van der Waals surface area contributed by atoms with Crippen molar-refractivity contribution in [2.45, 2.75) is 18.5 Å².